The van der Waals surface area contributed by atoms with Crippen LogP contribution >= 0.6 is 11.8 Å². The molecule has 2 heterocycles. The van der Waals surface area contributed by atoms with Crippen molar-refractivity contribution in [1.29, 1.82) is 0 Å². The van der Waals surface area contributed by atoms with Crippen molar-refractivity contribution in [2.45, 2.75) is 26.3 Å². The number of thioether (sulfide) groups is 1. The van der Waals surface area contributed by atoms with E-state index in [-0.39, 0.29) is 18.0 Å². The normalized spacial score (nSPS) is 17.8. The van der Waals surface area contributed by atoms with Crippen LogP contribution in [0, 0.1) is 6.92 Å². The largest absolute Gasteiger partial charge is 0.345 e. The smallest absolute Gasteiger partial charge is 0.323 e. The standard InChI is InChI=1S/C25H29N5O2S/c1-16-7-5-8-20(15-16)28-24(32)27-19-11-9-18(10-12-19)22-21(23(31)29(3)4)17(2)26-25-30(22)13-6-14-33-25/h5,7-12,15,22H,6,13-14H2,1-4H3,(H2,27,28,32). The second-order valence-electron chi connectivity index (χ2n) is 8.46. The number of amides is 3. The number of carbonyl (C=O) groups excluding carboxylic acids is 2. The Morgan fingerprint density at radius 3 is 2.48 bits per heavy atom. The van der Waals surface area contributed by atoms with Gasteiger partial charge in [-0.05, 0) is 55.7 Å². The summed E-state index contributed by atoms with van der Waals surface area (Å²) < 4.78 is 0. The number of likely N-dealkylation sites (N-methyl/N-ethyl adjacent to an activating group) is 1. The van der Waals surface area contributed by atoms with Gasteiger partial charge in [0.25, 0.3) is 5.91 Å². The molecule has 7 nitrogen and oxygen atoms in total. The lowest BCUT2D eigenvalue weighted by Crippen LogP contribution is -2.43. The maximum absolute atomic E-state index is 13.1. The summed E-state index contributed by atoms with van der Waals surface area (Å²) >= 11 is 1.74. The number of allylic oxidation sites excluding steroid dienone is 1. The monoisotopic (exact) mass is 463 g/mol. The molecule has 0 spiro atoms. The molecule has 1 saturated heterocycles. The molecule has 2 aliphatic rings. The molecule has 0 bridgehead atoms. The highest BCUT2D eigenvalue weighted by Crippen LogP contribution is 2.40. The molecule has 4 rings (SSSR count). The summed E-state index contributed by atoms with van der Waals surface area (Å²) in [6, 6.07) is 14.9. The lowest BCUT2D eigenvalue weighted by Gasteiger charge is -2.41. The average Bonchev–Trinajstić information content (AvgIpc) is 2.78. The summed E-state index contributed by atoms with van der Waals surface area (Å²) in [6.07, 6.45) is 1.04. The maximum Gasteiger partial charge on any atom is 0.323 e. The highest BCUT2D eigenvalue weighted by molar-refractivity contribution is 8.13. The summed E-state index contributed by atoms with van der Waals surface area (Å²) in [5.41, 5.74) is 4.97. The van der Waals surface area contributed by atoms with Gasteiger partial charge in [-0.3, -0.25) is 4.79 Å². The first-order valence-corrected chi connectivity index (χ1v) is 12.0. The Hall–Kier alpha value is -3.26. The summed E-state index contributed by atoms with van der Waals surface area (Å²) in [4.78, 5) is 34.1. The van der Waals surface area contributed by atoms with Crippen molar-refractivity contribution in [3.63, 3.8) is 0 Å². The second kappa shape index (κ2) is 9.70. The minimum Gasteiger partial charge on any atom is -0.345 e. The van der Waals surface area contributed by atoms with E-state index in [9.17, 15) is 9.59 Å². The van der Waals surface area contributed by atoms with E-state index < -0.39 is 0 Å². The quantitative estimate of drug-likeness (QED) is 0.680. The van der Waals surface area contributed by atoms with Crippen molar-refractivity contribution in [3.8, 4) is 0 Å². The van der Waals surface area contributed by atoms with Crippen LogP contribution in [-0.4, -0.2) is 53.3 Å². The molecular formula is C25H29N5O2S. The van der Waals surface area contributed by atoms with Gasteiger partial charge in [-0.1, -0.05) is 36.0 Å². The predicted octanol–water partition coefficient (Wildman–Crippen LogP) is 4.85. The third kappa shape index (κ3) is 5.06. The molecule has 1 unspecified atom stereocenters. The first-order valence-electron chi connectivity index (χ1n) is 11.0. The lowest BCUT2D eigenvalue weighted by molar-refractivity contribution is -0.125. The number of aryl methyl sites for hydroxylation is 1. The Balaban J connectivity index is 1.56. The predicted molar refractivity (Wildman–Crippen MR) is 136 cm³/mol. The van der Waals surface area contributed by atoms with Crippen LogP contribution in [0.4, 0.5) is 16.2 Å². The minimum absolute atomic E-state index is 0.0318. The van der Waals surface area contributed by atoms with Crippen molar-refractivity contribution in [2.75, 3.05) is 37.0 Å². The maximum atomic E-state index is 13.1. The SMILES string of the molecule is CC1=C(C(=O)N(C)C)C(c2ccc(NC(=O)Nc3cccc(C)c3)cc2)N2CCCSC2=N1. The molecule has 2 aromatic rings. The molecule has 2 N–H and O–H groups in total. The van der Waals surface area contributed by atoms with Crippen molar-refractivity contribution >= 4 is 40.2 Å². The van der Waals surface area contributed by atoms with Crippen molar-refractivity contribution in [1.82, 2.24) is 9.80 Å². The molecule has 0 aliphatic carbocycles. The number of hydrogen-bond acceptors (Lipinski definition) is 5. The van der Waals surface area contributed by atoms with E-state index in [1.165, 1.54) is 0 Å². The van der Waals surface area contributed by atoms with Crippen LogP contribution in [-0.2, 0) is 4.79 Å². The van der Waals surface area contributed by atoms with Crippen LogP contribution in [0.1, 0.15) is 30.5 Å². The van der Waals surface area contributed by atoms with E-state index in [0.29, 0.717) is 11.3 Å². The van der Waals surface area contributed by atoms with Crippen LogP contribution in [0.2, 0.25) is 0 Å². The van der Waals surface area contributed by atoms with Gasteiger partial charge in [-0.15, -0.1) is 0 Å². The number of amidine groups is 1. The zero-order valence-electron chi connectivity index (χ0n) is 19.4. The molecule has 0 radical (unpaired) electrons. The van der Waals surface area contributed by atoms with Crippen LogP contribution in [0.25, 0.3) is 0 Å². The van der Waals surface area contributed by atoms with E-state index in [2.05, 4.69) is 15.5 Å². The number of nitrogens with one attached hydrogen (secondary N) is 2. The first kappa shape index (κ1) is 22.9. The zero-order chi connectivity index (χ0) is 23.5. The number of aliphatic imine (C=N–C) groups is 1. The first-order chi connectivity index (χ1) is 15.8. The Morgan fingerprint density at radius 2 is 1.79 bits per heavy atom. The number of nitrogens with zero attached hydrogens (tertiary/aromatic N) is 3. The van der Waals surface area contributed by atoms with Gasteiger partial charge < -0.3 is 20.4 Å². The van der Waals surface area contributed by atoms with Gasteiger partial charge in [-0.2, -0.15) is 0 Å². The van der Waals surface area contributed by atoms with Crippen LogP contribution in [0.3, 0.4) is 0 Å². The van der Waals surface area contributed by atoms with E-state index >= 15 is 0 Å². The molecule has 33 heavy (non-hydrogen) atoms. The highest BCUT2D eigenvalue weighted by atomic mass is 32.2. The Bertz CT molecular complexity index is 1120. The van der Waals surface area contributed by atoms with E-state index in [1.807, 2.05) is 62.4 Å². The molecule has 3 amide bonds. The van der Waals surface area contributed by atoms with Crippen LogP contribution in [0.5, 0.6) is 0 Å². The summed E-state index contributed by atoms with van der Waals surface area (Å²) in [5.74, 6) is 1.00. The number of fused-ring (bicyclic) bond motifs is 1. The molecular weight excluding hydrogens is 434 g/mol. The van der Waals surface area contributed by atoms with Crippen LogP contribution in [0.15, 0.2) is 64.8 Å². The van der Waals surface area contributed by atoms with Gasteiger partial charge >= 0.3 is 6.03 Å². The zero-order valence-corrected chi connectivity index (χ0v) is 20.2. The summed E-state index contributed by atoms with van der Waals surface area (Å²) in [5, 5.41) is 6.70. The van der Waals surface area contributed by atoms with Crippen molar-refractivity contribution in [3.05, 3.63) is 70.9 Å². The fraction of sp³-hybridized carbons (Fsp3) is 0.320. The Morgan fingerprint density at radius 1 is 1.06 bits per heavy atom. The molecule has 8 heteroatoms. The number of hydrogen-bond donors (Lipinski definition) is 2. The second-order valence-corrected chi connectivity index (χ2v) is 9.52. The van der Waals surface area contributed by atoms with E-state index in [1.54, 1.807) is 30.8 Å². The summed E-state index contributed by atoms with van der Waals surface area (Å²) in [7, 11) is 3.54. The Kier molecular flexibility index (Phi) is 6.74. The third-order valence-corrected chi connectivity index (χ3v) is 6.73. The molecule has 172 valence electrons. The topological polar surface area (TPSA) is 77.0 Å². The lowest BCUT2D eigenvalue weighted by atomic mass is 9.93. The molecule has 0 saturated carbocycles. The number of urea groups is 1. The molecule has 1 atom stereocenters. The fourth-order valence-corrected chi connectivity index (χ4v) is 5.11. The van der Waals surface area contributed by atoms with Gasteiger partial charge in [0.1, 0.15) is 0 Å². The third-order valence-electron chi connectivity index (χ3n) is 5.66. The molecule has 2 aromatic carbocycles. The molecule has 2 aliphatic heterocycles. The number of carbonyl (C=O) groups is 2. The number of rotatable bonds is 4. The average molecular weight is 464 g/mol. The van der Waals surface area contributed by atoms with Gasteiger partial charge in [0, 0.05) is 37.8 Å². The minimum atomic E-state index is -0.299. The van der Waals surface area contributed by atoms with Gasteiger partial charge in [0.15, 0.2) is 5.17 Å². The van der Waals surface area contributed by atoms with Gasteiger partial charge in [0.2, 0.25) is 0 Å². The Labute approximate surface area is 198 Å². The molecule has 0 aromatic heterocycles. The van der Waals surface area contributed by atoms with Crippen LogP contribution < -0.4 is 10.6 Å². The highest BCUT2D eigenvalue weighted by Gasteiger charge is 2.37. The van der Waals surface area contributed by atoms with Gasteiger partial charge in [0.05, 0.1) is 17.3 Å². The van der Waals surface area contributed by atoms with Gasteiger partial charge in [-0.25, -0.2) is 9.79 Å². The van der Waals surface area contributed by atoms with Crippen molar-refractivity contribution < 1.29 is 9.59 Å². The number of anilines is 2. The van der Waals surface area contributed by atoms with E-state index in [4.69, 9.17) is 4.99 Å². The summed E-state index contributed by atoms with van der Waals surface area (Å²) in [6.45, 7) is 4.75. The number of benzene rings is 2. The van der Waals surface area contributed by atoms with Crippen molar-refractivity contribution in [2.24, 2.45) is 4.99 Å². The fourth-order valence-electron chi connectivity index (χ4n) is 4.09. The molecule has 1 fully saturated rings. The van der Waals surface area contributed by atoms with E-state index in [0.717, 1.165) is 46.4 Å².